The molecule has 0 fully saturated rings. The van der Waals surface area contributed by atoms with Gasteiger partial charge in [-0.15, -0.1) is 0 Å². The Bertz CT molecular complexity index is 1730. The Morgan fingerprint density at radius 3 is 2.04 bits per heavy atom. The van der Waals surface area contributed by atoms with Crippen molar-refractivity contribution in [1.82, 2.24) is 9.38 Å². The molecule has 3 aromatic carbocycles. The van der Waals surface area contributed by atoms with Crippen LogP contribution < -0.4 is 5.32 Å². The lowest BCUT2D eigenvalue weighted by atomic mass is 9.93. The third kappa shape index (κ3) is 8.76. The molecule has 5 rings (SSSR count). The van der Waals surface area contributed by atoms with Gasteiger partial charge in [0.05, 0.1) is 23.9 Å². The smallest absolute Gasteiger partial charge is 0.305 e. The Kier molecular flexibility index (Phi) is 11.3. The number of ether oxygens (including phenoxy) is 1. The fourth-order valence-corrected chi connectivity index (χ4v) is 6.12. The fourth-order valence-electron chi connectivity index (χ4n) is 6.12. The van der Waals surface area contributed by atoms with Crippen LogP contribution in [0.4, 0.5) is 5.69 Å². The van der Waals surface area contributed by atoms with Crippen molar-refractivity contribution in [3.8, 4) is 0 Å². The second kappa shape index (κ2) is 15.7. The second-order valence-electron chi connectivity index (χ2n) is 13.2. The van der Waals surface area contributed by atoms with Gasteiger partial charge in [-0.1, -0.05) is 94.4 Å². The molecule has 0 aliphatic heterocycles. The van der Waals surface area contributed by atoms with Gasteiger partial charge in [-0.3, -0.25) is 14.0 Å². The number of imidazole rings is 1. The van der Waals surface area contributed by atoms with Crippen molar-refractivity contribution in [2.75, 3.05) is 11.9 Å². The van der Waals surface area contributed by atoms with Crippen molar-refractivity contribution in [3.05, 3.63) is 137 Å². The van der Waals surface area contributed by atoms with Crippen molar-refractivity contribution in [1.29, 1.82) is 0 Å². The van der Waals surface area contributed by atoms with Crippen LogP contribution in [-0.4, -0.2) is 27.7 Å². The number of nitrogens with one attached hydrogen (secondary N) is 1. The van der Waals surface area contributed by atoms with Crippen LogP contribution in [0.2, 0.25) is 0 Å². The number of anilines is 1. The fraction of sp³-hybridized carbons (Fsp3) is 0.341. The summed E-state index contributed by atoms with van der Waals surface area (Å²) in [5, 5.41) is 3.75. The minimum atomic E-state index is -0.215. The van der Waals surface area contributed by atoms with Crippen LogP contribution >= 0.6 is 0 Å². The molecule has 0 spiro atoms. The number of aryl methyl sites for hydroxylation is 1. The van der Waals surface area contributed by atoms with Gasteiger partial charge in [-0.05, 0) is 91.0 Å². The summed E-state index contributed by atoms with van der Waals surface area (Å²) in [6, 6.07) is 31.2. The number of fused-ring (bicyclic) bond motifs is 1. The van der Waals surface area contributed by atoms with E-state index in [1.807, 2.05) is 53.1 Å². The van der Waals surface area contributed by atoms with Gasteiger partial charge in [0.2, 0.25) is 5.78 Å². The molecule has 6 nitrogen and oxygen atoms in total. The number of ketones is 1. The lowest BCUT2D eigenvalue weighted by Crippen LogP contribution is -2.14. The van der Waals surface area contributed by atoms with Crippen LogP contribution in [0.1, 0.15) is 97.6 Å². The van der Waals surface area contributed by atoms with E-state index in [0.717, 1.165) is 40.9 Å². The van der Waals surface area contributed by atoms with E-state index in [4.69, 9.17) is 9.72 Å². The van der Waals surface area contributed by atoms with Gasteiger partial charge in [0, 0.05) is 23.9 Å². The molecule has 0 saturated carbocycles. The van der Waals surface area contributed by atoms with E-state index in [0.29, 0.717) is 49.1 Å². The van der Waals surface area contributed by atoms with E-state index in [1.165, 1.54) is 11.1 Å². The zero-order valence-electron chi connectivity index (χ0n) is 28.3. The number of rotatable bonds is 15. The standard InChI is InChI=1S/C41H47N3O3/c1-6-47-38(45)15-10-13-36-37-14-7-8-24-44(37)41(43-36)40(46)34-11-9-12-35(27-34)42-39(32-20-16-30(17-21-32)25-28(2)3)33-22-18-31(19-23-33)26-29(4)5/h7-9,11-12,14,16-24,27-29,39,42H,6,10,13,15,25-26H2,1-5H3. The number of benzene rings is 3. The van der Waals surface area contributed by atoms with Gasteiger partial charge in [-0.25, -0.2) is 4.98 Å². The predicted molar refractivity (Wildman–Crippen MR) is 190 cm³/mol. The number of carbonyl (C=O) groups is 2. The molecule has 2 aromatic heterocycles. The second-order valence-corrected chi connectivity index (χ2v) is 13.2. The summed E-state index contributed by atoms with van der Waals surface area (Å²) < 4.78 is 6.93. The predicted octanol–water partition coefficient (Wildman–Crippen LogP) is 9.05. The third-order valence-corrected chi connectivity index (χ3v) is 8.28. The van der Waals surface area contributed by atoms with Crippen LogP contribution in [0.5, 0.6) is 0 Å². The molecule has 0 bridgehead atoms. The molecule has 0 radical (unpaired) electrons. The maximum atomic E-state index is 14.0. The molecule has 5 aromatic rings. The average Bonchev–Trinajstić information content (AvgIpc) is 3.42. The van der Waals surface area contributed by atoms with Crippen LogP contribution in [0.15, 0.2) is 97.2 Å². The zero-order chi connectivity index (χ0) is 33.3. The van der Waals surface area contributed by atoms with Gasteiger partial charge >= 0.3 is 5.97 Å². The van der Waals surface area contributed by atoms with Crippen LogP contribution in [0, 0.1) is 11.8 Å². The molecule has 0 unspecified atom stereocenters. The molecular weight excluding hydrogens is 582 g/mol. The largest absolute Gasteiger partial charge is 0.466 e. The van der Waals surface area contributed by atoms with Crippen LogP contribution in [-0.2, 0) is 28.8 Å². The van der Waals surface area contributed by atoms with Gasteiger partial charge in [0.1, 0.15) is 0 Å². The van der Waals surface area contributed by atoms with E-state index >= 15 is 0 Å². The number of hydrogen-bond donors (Lipinski definition) is 1. The summed E-state index contributed by atoms with van der Waals surface area (Å²) >= 11 is 0. The molecule has 244 valence electrons. The van der Waals surface area contributed by atoms with Gasteiger partial charge in [0.15, 0.2) is 5.82 Å². The van der Waals surface area contributed by atoms with Crippen molar-refractivity contribution in [2.45, 2.75) is 72.8 Å². The normalized spacial score (nSPS) is 11.5. The summed E-state index contributed by atoms with van der Waals surface area (Å²) in [6.07, 6.45) is 5.46. The first kappa shape index (κ1) is 33.6. The summed E-state index contributed by atoms with van der Waals surface area (Å²) in [7, 11) is 0. The van der Waals surface area contributed by atoms with Crippen molar-refractivity contribution >= 4 is 23.0 Å². The maximum absolute atomic E-state index is 14.0. The average molecular weight is 630 g/mol. The first-order chi connectivity index (χ1) is 22.7. The maximum Gasteiger partial charge on any atom is 0.305 e. The molecule has 0 aliphatic carbocycles. The third-order valence-electron chi connectivity index (χ3n) is 8.28. The molecule has 47 heavy (non-hydrogen) atoms. The van der Waals surface area contributed by atoms with E-state index < -0.39 is 0 Å². The highest BCUT2D eigenvalue weighted by Gasteiger charge is 2.21. The summed E-state index contributed by atoms with van der Waals surface area (Å²) in [4.78, 5) is 30.7. The number of nitrogens with zero attached hydrogens (tertiary/aromatic N) is 2. The lowest BCUT2D eigenvalue weighted by Gasteiger charge is -2.22. The molecule has 1 N–H and O–H groups in total. The molecule has 0 amide bonds. The number of pyridine rings is 1. The van der Waals surface area contributed by atoms with Crippen LogP contribution in [0.25, 0.3) is 5.52 Å². The highest BCUT2D eigenvalue weighted by atomic mass is 16.5. The molecule has 0 aliphatic rings. The molecule has 0 atom stereocenters. The van der Waals surface area contributed by atoms with E-state index in [9.17, 15) is 9.59 Å². The Hall–Kier alpha value is -4.71. The number of esters is 1. The molecule has 2 heterocycles. The molecule has 6 heteroatoms. The Labute approximate surface area is 279 Å². The van der Waals surface area contributed by atoms with Crippen molar-refractivity contribution < 1.29 is 14.3 Å². The van der Waals surface area contributed by atoms with E-state index in [-0.39, 0.29) is 17.8 Å². The van der Waals surface area contributed by atoms with Crippen molar-refractivity contribution in [3.63, 3.8) is 0 Å². The van der Waals surface area contributed by atoms with Gasteiger partial charge in [-0.2, -0.15) is 0 Å². The summed E-state index contributed by atoms with van der Waals surface area (Å²) in [5.74, 6) is 1.18. The highest BCUT2D eigenvalue weighted by molar-refractivity contribution is 6.07. The van der Waals surface area contributed by atoms with Gasteiger partial charge < -0.3 is 10.1 Å². The van der Waals surface area contributed by atoms with E-state index in [1.54, 1.807) is 6.92 Å². The SMILES string of the molecule is CCOC(=O)CCCc1nc(C(=O)c2cccc(NC(c3ccc(CC(C)C)cc3)c3ccc(CC(C)C)cc3)c2)n2ccccc12. The minimum absolute atomic E-state index is 0.0974. The number of carbonyl (C=O) groups excluding carboxylic acids is 2. The number of aromatic nitrogens is 2. The lowest BCUT2D eigenvalue weighted by molar-refractivity contribution is -0.143. The Morgan fingerprint density at radius 1 is 0.809 bits per heavy atom. The Balaban J connectivity index is 1.42. The van der Waals surface area contributed by atoms with Gasteiger partial charge in [0.25, 0.3) is 0 Å². The first-order valence-corrected chi connectivity index (χ1v) is 16.9. The minimum Gasteiger partial charge on any atom is -0.466 e. The highest BCUT2D eigenvalue weighted by Crippen LogP contribution is 2.29. The molecular formula is C41H47N3O3. The topological polar surface area (TPSA) is 72.7 Å². The summed E-state index contributed by atoms with van der Waals surface area (Å²) in [5.41, 5.74) is 8.07. The quantitative estimate of drug-likeness (QED) is 0.0924. The van der Waals surface area contributed by atoms with Crippen molar-refractivity contribution in [2.24, 2.45) is 11.8 Å². The number of hydrogen-bond acceptors (Lipinski definition) is 5. The Morgan fingerprint density at radius 2 is 1.45 bits per heavy atom. The monoisotopic (exact) mass is 629 g/mol. The zero-order valence-corrected chi connectivity index (χ0v) is 28.3. The molecule has 0 saturated heterocycles. The first-order valence-electron chi connectivity index (χ1n) is 16.9. The van der Waals surface area contributed by atoms with E-state index in [2.05, 4.69) is 81.5 Å². The van der Waals surface area contributed by atoms with Crippen LogP contribution in [0.3, 0.4) is 0 Å². The summed E-state index contributed by atoms with van der Waals surface area (Å²) in [6.45, 7) is 11.1.